The largest absolute Gasteiger partial charge is 0.462 e. The van der Waals surface area contributed by atoms with Crippen molar-refractivity contribution in [3.8, 4) is 0 Å². The fraction of sp³-hybridized carbons (Fsp3) is 0.100. The molecule has 10 heteroatoms. The molecule has 0 unspecified atom stereocenters. The van der Waals surface area contributed by atoms with Crippen LogP contribution >= 0.6 is 11.6 Å². The number of carbonyl (C=O) groups is 2. The summed E-state index contributed by atoms with van der Waals surface area (Å²) in [7, 11) is 0. The molecule has 0 fully saturated rings. The third kappa shape index (κ3) is 4.76. The number of ether oxygens (including phenoxy) is 1. The molecule has 0 aliphatic carbocycles. The zero-order valence-electron chi connectivity index (χ0n) is 16.0. The molecule has 0 bridgehead atoms. The van der Waals surface area contributed by atoms with Gasteiger partial charge in [0.1, 0.15) is 12.0 Å². The van der Waals surface area contributed by atoms with E-state index in [1.54, 1.807) is 55.5 Å². The van der Waals surface area contributed by atoms with Crippen molar-refractivity contribution in [2.45, 2.75) is 6.92 Å². The standard InChI is InChI=1S/C20H19ClN6O3/c1-2-30-20(29)13-8-4-6-10-15(13)25-17-16(22)18(24-11-23-17)26-27-19(28)12-7-3-5-9-14(12)21/h3-11H,2,22H2,1H3,(H,27,28)(H2,23,24,25,26). The highest BCUT2D eigenvalue weighted by Gasteiger charge is 2.16. The lowest BCUT2D eigenvalue weighted by Crippen LogP contribution is -2.30. The average molecular weight is 427 g/mol. The lowest BCUT2D eigenvalue weighted by molar-refractivity contribution is 0.0527. The Bertz CT molecular complexity index is 1080. The van der Waals surface area contributed by atoms with Gasteiger partial charge in [-0.1, -0.05) is 35.9 Å². The minimum absolute atomic E-state index is 0.135. The minimum Gasteiger partial charge on any atom is -0.462 e. The Morgan fingerprint density at radius 1 is 1.03 bits per heavy atom. The molecule has 3 rings (SSSR count). The summed E-state index contributed by atoms with van der Waals surface area (Å²) in [5, 5.41) is 3.31. The Hall–Kier alpha value is -3.85. The highest BCUT2D eigenvalue weighted by Crippen LogP contribution is 2.27. The fourth-order valence-corrected chi connectivity index (χ4v) is 2.75. The average Bonchev–Trinajstić information content (AvgIpc) is 2.75. The molecule has 9 nitrogen and oxygen atoms in total. The normalized spacial score (nSPS) is 10.2. The highest BCUT2D eigenvalue weighted by molar-refractivity contribution is 6.33. The first kappa shape index (κ1) is 20.9. The van der Waals surface area contributed by atoms with Crippen molar-refractivity contribution >= 4 is 46.5 Å². The first-order valence-electron chi connectivity index (χ1n) is 8.95. The van der Waals surface area contributed by atoms with E-state index in [1.165, 1.54) is 6.33 Å². The number of aromatic nitrogens is 2. The number of nitrogens with two attached hydrogens (primary N) is 1. The predicted molar refractivity (Wildman–Crippen MR) is 115 cm³/mol. The van der Waals surface area contributed by atoms with Gasteiger partial charge in [-0.05, 0) is 31.2 Å². The summed E-state index contributed by atoms with van der Waals surface area (Å²) in [6.45, 7) is 1.98. The number of nitrogens with one attached hydrogen (secondary N) is 3. The number of carbonyl (C=O) groups excluding carboxylic acids is 2. The molecule has 1 amide bonds. The number of benzene rings is 2. The SMILES string of the molecule is CCOC(=O)c1ccccc1Nc1ncnc(NNC(=O)c2ccccc2Cl)c1N. The van der Waals surface area contributed by atoms with E-state index >= 15 is 0 Å². The number of rotatable bonds is 7. The molecule has 0 saturated heterocycles. The molecule has 30 heavy (non-hydrogen) atoms. The maximum absolute atomic E-state index is 12.3. The van der Waals surface area contributed by atoms with Crippen LogP contribution < -0.4 is 21.9 Å². The number of para-hydroxylation sites is 1. The number of anilines is 4. The van der Waals surface area contributed by atoms with E-state index in [4.69, 9.17) is 22.1 Å². The van der Waals surface area contributed by atoms with Gasteiger partial charge in [-0.3, -0.25) is 15.6 Å². The van der Waals surface area contributed by atoms with Crippen LogP contribution in [0.25, 0.3) is 0 Å². The maximum atomic E-state index is 12.3. The Kier molecular flexibility index (Phi) is 6.66. The van der Waals surface area contributed by atoms with Crippen LogP contribution in [0.5, 0.6) is 0 Å². The highest BCUT2D eigenvalue weighted by atomic mass is 35.5. The number of hydrazine groups is 1. The lowest BCUT2D eigenvalue weighted by Gasteiger charge is -2.15. The zero-order chi connectivity index (χ0) is 21.5. The molecule has 1 aromatic heterocycles. The third-order valence-corrected chi connectivity index (χ3v) is 4.30. The Morgan fingerprint density at radius 3 is 2.43 bits per heavy atom. The van der Waals surface area contributed by atoms with Gasteiger partial charge in [-0.2, -0.15) is 0 Å². The minimum atomic E-state index is -0.474. The molecule has 0 spiro atoms. The molecule has 0 saturated carbocycles. The van der Waals surface area contributed by atoms with Gasteiger partial charge < -0.3 is 15.8 Å². The van der Waals surface area contributed by atoms with E-state index in [0.29, 0.717) is 21.8 Å². The van der Waals surface area contributed by atoms with E-state index < -0.39 is 11.9 Å². The molecule has 0 atom stereocenters. The number of hydrogen-bond acceptors (Lipinski definition) is 8. The Balaban J connectivity index is 1.77. The summed E-state index contributed by atoms with van der Waals surface area (Å²) >= 11 is 6.02. The molecule has 2 aromatic carbocycles. The van der Waals surface area contributed by atoms with Crippen LogP contribution in [0, 0.1) is 0 Å². The molecular weight excluding hydrogens is 408 g/mol. The molecule has 0 radical (unpaired) electrons. The van der Waals surface area contributed by atoms with Crippen molar-refractivity contribution < 1.29 is 14.3 Å². The van der Waals surface area contributed by atoms with Crippen molar-refractivity contribution in [1.29, 1.82) is 0 Å². The second-order valence-electron chi connectivity index (χ2n) is 5.93. The van der Waals surface area contributed by atoms with E-state index in [1.807, 2.05) is 0 Å². The van der Waals surface area contributed by atoms with Gasteiger partial charge in [-0.25, -0.2) is 14.8 Å². The number of amides is 1. The van der Waals surface area contributed by atoms with Crippen molar-refractivity contribution in [1.82, 2.24) is 15.4 Å². The van der Waals surface area contributed by atoms with Gasteiger partial charge in [0.2, 0.25) is 0 Å². The van der Waals surface area contributed by atoms with Crippen molar-refractivity contribution in [3.05, 3.63) is 71.0 Å². The van der Waals surface area contributed by atoms with Crippen LogP contribution in [0.15, 0.2) is 54.9 Å². The second-order valence-corrected chi connectivity index (χ2v) is 6.34. The molecule has 154 valence electrons. The third-order valence-electron chi connectivity index (χ3n) is 3.97. The number of nitrogen functional groups attached to an aromatic ring is 1. The van der Waals surface area contributed by atoms with E-state index in [-0.39, 0.29) is 23.9 Å². The number of esters is 1. The number of halogens is 1. The first-order chi connectivity index (χ1) is 14.5. The van der Waals surface area contributed by atoms with Crippen LogP contribution in [-0.2, 0) is 4.74 Å². The number of nitrogens with zero attached hydrogens (tertiary/aromatic N) is 2. The quantitative estimate of drug-likeness (QED) is 0.334. The van der Waals surface area contributed by atoms with Crippen LogP contribution in [0.2, 0.25) is 5.02 Å². The van der Waals surface area contributed by atoms with Crippen LogP contribution in [0.1, 0.15) is 27.6 Å². The van der Waals surface area contributed by atoms with Crippen molar-refractivity contribution in [2.24, 2.45) is 0 Å². The first-order valence-corrected chi connectivity index (χ1v) is 9.33. The van der Waals surface area contributed by atoms with E-state index in [2.05, 4.69) is 26.1 Å². The summed E-state index contributed by atoms with van der Waals surface area (Å²) in [6, 6.07) is 13.4. The second kappa shape index (κ2) is 9.57. The lowest BCUT2D eigenvalue weighted by atomic mass is 10.2. The summed E-state index contributed by atoms with van der Waals surface area (Å²) < 4.78 is 5.06. The topological polar surface area (TPSA) is 131 Å². The van der Waals surface area contributed by atoms with Crippen LogP contribution in [-0.4, -0.2) is 28.5 Å². The molecule has 0 aliphatic heterocycles. The summed E-state index contributed by atoms with van der Waals surface area (Å²) in [6.07, 6.45) is 1.26. The monoisotopic (exact) mass is 426 g/mol. The smallest absolute Gasteiger partial charge is 0.340 e. The summed E-state index contributed by atoms with van der Waals surface area (Å²) in [5.74, 6) is -0.517. The zero-order valence-corrected chi connectivity index (χ0v) is 16.7. The molecule has 0 aliphatic rings. The van der Waals surface area contributed by atoms with E-state index in [9.17, 15) is 9.59 Å². The molecule has 3 aromatic rings. The van der Waals surface area contributed by atoms with Crippen LogP contribution in [0.3, 0.4) is 0 Å². The number of hydrogen-bond donors (Lipinski definition) is 4. The van der Waals surface area contributed by atoms with Gasteiger partial charge in [0.05, 0.1) is 28.4 Å². The van der Waals surface area contributed by atoms with Gasteiger partial charge in [0.15, 0.2) is 11.6 Å². The molecular formula is C20H19ClN6O3. The maximum Gasteiger partial charge on any atom is 0.340 e. The summed E-state index contributed by atoms with van der Waals surface area (Å²) in [4.78, 5) is 32.6. The summed E-state index contributed by atoms with van der Waals surface area (Å²) in [5.41, 5.74) is 12.5. The fourth-order valence-electron chi connectivity index (χ4n) is 2.53. The van der Waals surface area contributed by atoms with Gasteiger partial charge in [-0.15, -0.1) is 0 Å². The Labute approximate surface area is 177 Å². The molecule has 5 N–H and O–H groups in total. The van der Waals surface area contributed by atoms with Crippen molar-refractivity contribution in [2.75, 3.05) is 23.1 Å². The van der Waals surface area contributed by atoms with Crippen molar-refractivity contribution in [3.63, 3.8) is 0 Å². The predicted octanol–water partition coefficient (Wildman–Crippen LogP) is 3.39. The molecule has 1 heterocycles. The Morgan fingerprint density at radius 2 is 1.70 bits per heavy atom. The van der Waals surface area contributed by atoms with Gasteiger partial charge >= 0.3 is 5.97 Å². The van der Waals surface area contributed by atoms with Gasteiger partial charge in [0, 0.05) is 0 Å². The van der Waals surface area contributed by atoms with Gasteiger partial charge in [0.25, 0.3) is 5.91 Å². The van der Waals surface area contributed by atoms with Crippen LogP contribution in [0.4, 0.5) is 23.0 Å². The van der Waals surface area contributed by atoms with E-state index in [0.717, 1.165) is 0 Å².